The second-order valence-electron chi connectivity index (χ2n) is 9.05. The first-order chi connectivity index (χ1) is 16.4. The summed E-state index contributed by atoms with van der Waals surface area (Å²) < 4.78 is 5.66. The molecule has 0 spiro atoms. The van der Waals surface area contributed by atoms with Gasteiger partial charge in [0.05, 0.1) is 18.7 Å². The molecule has 2 aromatic carbocycles. The number of fused-ring (bicyclic) bond motifs is 1. The van der Waals surface area contributed by atoms with Crippen LogP contribution >= 0.6 is 0 Å². The molecule has 7 heteroatoms. The Morgan fingerprint density at radius 2 is 1.91 bits per heavy atom. The van der Waals surface area contributed by atoms with E-state index in [0.717, 1.165) is 42.4 Å². The normalized spacial score (nSPS) is 15.5. The Hall–Kier alpha value is -3.35. The van der Waals surface area contributed by atoms with Gasteiger partial charge in [0.25, 0.3) is 5.91 Å². The van der Waals surface area contributed by atoms with Crippen molar-refractivity contribution in [3.63, 3.8) is 0 Å². The molecule has 0 saturated heterocycles. The number of ketones is 1. The number of rotatable bonds is 8. The number of nitrogens with zero attached hydrogens (tertiary/aromatic N) is 1. The van der Waals surface area contributed by atoms with Crippen LogP contribution in [0.1, 0.15) is 88.4 Å². The summed E-state index contributed by atoms with van der Waals surface area (Å²) in [6.45, 7) is 4.73. The molecule has 0 radical (unpaired) electrons. The highest BCUT2D eigenvalue weighted by molar-refractivity contribution is 6.07. The van der Waals surface area contributed by atoms with Gasteiger partial charge >= 0.3 is 0 Å². The average Bonchev–Trinajstić information content (AvgIpc) is 3.47. The molecule has 1 aliphatic heterocycles. The lowest BCUT2D eigenvalue weighted by Crippen LogP contribution is -2.30. The minimum atomic E-state index is -0.274. The third-order valence-corrected chi connectivity index (χ3v) is 6.96. The zero-order valence-corrected chi connectivity index (χ0v) is 20.2. The number of carbonyl (C=O) groups is 2. The molecule has 3 N–H and O–H groups in total. The fourth-order valence-corrected chi connectivity index (χ4v) is 5.11. The zero-order valence-electron chi connectivity index (χ0n) is 20.2. The van der Waals surface area contributed by atoms with Gasteiger partial charge in [0.2, 0.25) is 0 Å². The number of amidine groups is 1. The molecule has 180 valence electrons. The summed E-state index contributed by atoms with van der Waals surface area (Å²) in [5.41, 5.74) is 4.15. The van der Waals surface area contributed by atoms with Gasteiger partial charge in [-0.1, -0.05) is 19.8 Å². The van der Waals surface area contributed by atoms with E-state index in [1.165, 1.54) is 0 Å². The highest BCUT2D eigenvalue weighted by atomic mass is 16.5. The molecule has 1 fully saturated rings. The summed E-state index contributed by atoms with van der Waals surface area (Å²) in [6, 6.07) is 7.13. The van der Waals surface area contributed by atoms with Gasteiger partial charge in [0.1, 0.15) is 17.3 Å². The first kappa shape index (κ1) is 23.8. The highest BCUT2D eigenvalue weighted by Gasteiger charge is 2.30. The van der Waals surface area contributed by atoms with Crippen LogP contribution in [0.2, 0.25) is 0 Å². The van der Waals surface area contributed by atoms with Crippen LogP contribution in [0.3, 0.4) is 0 Å². The number of Topliss-reactive ketones (excluding diaryl/α,β-unsaturated/α-hetero) is 1. The predicted molar refractivity (Wildman–Crippen MR) is 131 cm³/mol. The van der Waals surface area contributed by atoms with Crippen molar-refractivity contribution in [2.45, 2.75) is 58.4 Å². The zero-order chi connectivity index (χ0) is 24.4. The van der Waals surface area contributed by atoms with Crippen molar-refractivity contribution >= 4 is 17.5 Å². The summed E-state index contributed by atoms with van der Waals surface area (Å²) in [7, 11) is 1.56. The van der Waals surface area contributed by atoms with Crippen molar-refractivity contribution in [1.82, 2.24) is 10.2 Å². The molecule has 1 saturated carbocycles. The number of benzene rings is 2. The average molecular weight is 464 g/mol. The number of ether oxygens (including phenoxy) is 1. The topological polar surface area (TPSA) is 103 Å². The van der Waals surface area contributed by atoms with E-state index in [4.69, 9.17) is 10.1 Å². The van der Waals surface area contributed by atoms with Crippen LogP contribution < -0.4 is 10.1 Å². The van der Waals surface area contributed by atoms with Gasteiger partial charge < -0.3 is 20.1 Å². The van der Waals surface area contributed by atoms with Crippen LogP contribution in [-0.4, -0.2) is 47.7 Å². The molecule has 34 heavy (non-hydrogen) atoms. The third kappa shape index (κ3) is 4.39. The lowest BCUT2D eigenvalue weighted by molar-refractivity contribution is 0.0953. The van der Waals surface area contributed by atoms with E-state index >= 15 is 0 Å². The second kappa shape index (κ2) is 9.87. The van der Waals surface area contributed by atoms with Gasteiger partial charge in [-0.3, -0.25) is 15.0 Å². The fraction of sp³-hybridized carbons (Fsp3) is 0.444. The number of aryl methyl sites for hydroxylation is 1. The van der Waals surface area contributed by atoms with Gasteiger partial charge in [-0.15, -0.1) is 0 Å². The Morgan fingerprint density at radius 3 is 2.56 bits per heavy atom. The quantitative estimate of drug-likeness (QED) is 0.504. The lowest BCUT2D eigenvalue weighted by atomic mass is 9.90. The van der Waals surface area contributed by atoms with Crippen LogP contribution in [0.25, 0.3) is 0 Å². The maximum atomic E-state index is 13.3. The fourth-order valence-electron chi connectivity index (χ4n) is 5.11. The Kier molecular flexibility index (Phi) is 6.91. The van der Waals surface area contributed by atoms with E-state index in [2.05, 4.69) is 5.32 Å². The van der Waals surface area contributed by atoms with E-state index in [0.29, 0.717) is 53.7 Å². The van der Waals surface area contributed by atoms with Crippen LogP contribution in [-0.2, 0) is 13.0 Å². The Balaban J connectivity index is 1.59. The molecule has 1 heterocycles. The van der Waals surface area contributed by atoms with E-state index in [1.54, 1.807) is 30.1 Å². The van der Waals surface area contributed by atoms with Gasteiger partial charge in [-0.2, -0.15) is 0 Å². The summed E-state index contributed by atoms with van der Waals surface area (Å²) in [4.78, 5) is 27.4. The molecule has 4 rings (SSSR count). The van der Waals surface area contributed by atoms with Crippen molar-refractivity contribution in [2.24, 2.45) is 0 Å². The first-order valence-electron chi connectivity index (χ1n) is 12.1. The summed E-state index contributed by atoms with van der Waals surface area (Å²) >= 11 is 0. The maximum absolute atomic E-state index is 13.3. The molecule has 1 amide bonds. The number of carbonyl (C=O) groups excluding carboxylic acids is 2. The monoisotopic (exact) mass is 463 g/mol. The smallest absolute Gasteiger partial charge is 0.254 e. The second-order valence-corrected chi connectivity index (χ2v) is 9.05. The Labute approximate surface area is 200 Å². The molecule has 0 atom stereocenters. The standard InChI is InChI=1S/C27H33N3O4/c1-4-16-10-18(11-20(25(16)32)17-8-6-7-9-17)23(31)15-30-14-19-12-24(34-5-2)22(27(33)29-3)13-21(19)26(30)28/h10-13,17,28,32H,4-9,14-15H2,1-3H3,(H,29,33). The van der Waals surface area contributed by atoms with Crippen molar-refractivity contribution < 1.29 is 19.4 Å². The number of phenols is 1. The van der Waals surface area contributed by atoms with Crippen LogP contribution in [0.5, 0.6) is 11.5 Å². The minimum Gasteiger partial charge on any atom is -0.507 e. The Bertz CT molecular complexity index is 1140. The molecule has 7 nitrogen and oxygen atoms in total. The molecule has 2 aliphatic rings. The van der Waals surface area contributed by atoms with Gasteiger partial charge in [-0.05, 0) is 73.1 Å². The van der Waals surface area contributed by atoms with E-state index in [9.17, 15) is 14.7 Å². The maximum Gasteiger partial charge on any atom is 0.254 e. The van der Waals surface area contributed by atoms with Gasteiger partial charge in [0, 0.05) is 24.7 Å². The number of aromatic hydroxyl groups is 1. The number of hydrogen-bond donors (Lipinski definition) is 3. The van der Waals surface area contributed by atoms with Crippen LogP contribution in [0.15, 0.2) is 24.3 Å². The molecule has 0 aromatic heterocycles. The van der Waals surface area contributed by atoms with Gasteiger partial charge in [-0.25, -0.2) is 0 Å². The Morgan fingerprint density at radius 1 is 1.18 bits per heavy atom. The van der Waals surface area contributed by atoms with Crippen LogP contribution in [0, 0.1) is 5.41 Å². The lowest BCUT2D eigenvalue weighted by Gasteiger charge is -2.19. The summed E-state index contributed by atoms with van der Waals surface area (Å²) in [5.74, 6) is 0.980. The highest BCUT2D eigenvalue weighted by Crippen LogP contribution is 2.40. The third-order valence-electron chi connectivity index (χ3n) is 6.96. The molecule has 0 unspecified atom stereocenters. The van der Waals surface area contributed by atoms with Crippen molar-refractivity contribution in [1.29, 1.82) is 5.41 Å². The van der Waals surface area contributed by atoms with Crippen molar-refractivity contribution in [3.05, 3.63) is 57.6 Å². The molecule has 0 bridgehead atoms. The van der Waals surface area contributed by atoms with E-state index < -0.39 is 0 Å². The number of amides is 1. The van der Waals surface area contributed by atoms with E-state index in [1.807, 2.05) is 19.9 Å². The molecule has 2 aromatic rings. The summed E-state index contributed by atoms with van der Waals surface area (Å²) in [5, 5.41) is 22.0. The van der Waals surface area contributed by atoms with Crippen molar-refractivity contribution in [3.8, 4) is 11.5 Å². The number of hydrogen-bond acceptors (Lipinski definition) is 5. The SMILES string of the molecule is CCOc1cc2c(cc1C(=O)NC)C(=N)N(CC(=O)c1cc(CC)c(O)c(C3CCCC3)c1)C2. The summed E-state index contributed by atoms with van der Waals surface area (Å²) in [6.07, 6.45) is 5.02. The van der Waals surface area contributed by atoms with E-state index in [-0.39, 0.29) is 24.1 Å². The minimum absolute atomic E-state index is 0.0603. The molecular weight excluding hydrogens is 430 g/mol. The predicted octanol–water partition coefficient (Wildman–Crippen LogP) is 4.39. The molecule has 1 aliphatic carbocycles. The number of phenolic OH excluding ortho intramolecular Hbond substituents is 1. The van der Waals surface area contributed by atoms with Crippen molar-refractivity contribution in [2.75, 3.05) is 20.2 Å². The number of nitrogens with one attached hydrogen (secondary N) is 2. The largest absolute Gasteiger partial charge is 0.507 e. The van der Waals surface area contributed by atoms with Gasteiger partial charge in [0.15, 0.2) is 5.78 Å². The first-order valence-corrected chi connectivity index (χ1v) is 12.1. The molecular formula is C27H33N3O4. The van der Waals surface area contributed by atoms with Crippen LogP contribution in [0.4, 0.5) is 0 Å².